The number of amides is 2. The van der Waals surface area contributed by atoms with E-state index in [1.165, 1.54) is 15.7 Å². The van der Waals surface area contributed by atoms with Gasteiger partial charge in [0, 0.05) is 20.3 Å². The molecule has 0 aromatic carbocycles. The molecule has 112 valence electrons. The van der Waals surface area contributed by atoms with E-state index in [9.17, 15) is 9.59 Å². The van der Waals surface area contributed by atoms with Crippen LogP contribution < -0.4 is 10.2 Å². The maximum atomic E-state index is 12.5. The van der Waals surface area contributed by atoms with Crippen LogP contribution in [0.1, 0.15) is 21.1 Å². The molecule has 0 bridgehead atoms. The molecule has 2 aromatic heterocycles. The molecule has 0 atom stereocenters. The highest BCUT2D eigenvalue weighted by Gasteiger charge is 2.21. The summed E-state index contributed by atoms with van der Waals surface area (Å²) >= 11 is 0. The summed E-state index contributed by atoms with van der Waals surface area (Å²) < 4.78 is 1.39. The lowest BCUT2D eigenvalue weighted by atomic mass is 10.3. The van der Waals surface area contributed by atoms with Gasteiger partial charge in [-0.2, -0.15) is 5.26 Å². The molecule has 0 aliphatic heterocycles. The Morgan fingerprint density at radius 2 is 2.23 bits per heavy atom. The molecule has 0 spiro atoms. The van der Waals surface area contributed by atoms with Gasteiger partial charge >= 0.3 is 0 Å². The maximum absolute atomic E-state index is 12.5. The van der Waals surface area contributed by atoms with Crippen molar-refractivity contribution in [1.29, 1.82) is 5.26 Å². The van der Waals surface area contributed by atoms with Crippen molar-refractivity contribution in [2.45, 2.75) is 0 Å². The Morgan fingerprint density at radius 3 is 2.86 bits per heavy atom. The highest BCUT2D eigenvalue weighted by atomic mass is 16.2. The first-order chi connectivity index (χ1) is 10.6. The quantitative estimate of drug-likeness (QED) is 0.820. The molecular weight excluding hydrogens is 284 g/mol. The Morgan fingerprint density at radius 1 is 1.45 bits per heavy atom. The molecular formula is C14H14N6O2. The van der Waals surface area contributed by atoms with Crippen LogP contribution >= 0.6 is 0 Å². The maximum Gasteiger partial charge on any atom is 0.288 e. The van der Waals surface area contributed by atoms with Crippen molar-refractivity contribution in [3.63, 3.8) is 0 Å². The third-order valence-corrected chi connectivity index (χ3v) is 3.08. The zero-order valence-corrected chi connectivity index (χ0v) is 12.1. The van der Waals surface area contributed by atoms with Crippen LogP contribution in [0.2, 0.25) is 0 Å². The van der Waals surface area contributed by atoms with Gasteiger partial charge < -0.3 is 14.8 Å². The van der Waals surface area contributed by atoms with E-state index in [0.29, 0.717) is 5.69 Å². The molecule has 22 heavy (non-hydrogen) atoms. The Balaban J connectivity index is 2.23. The molecule has 0 aliphatic carbocycles. The summed E-state index contributed by atoms with van der Waals surface area (Å²) in [6.07, 6.45) is 4.51. The number of aromatic nitrogens is 3. The molecule has 0 unspecified atom stereocenters. The van der Waals surface area contributed by atoms with Crippen LogP contribution in [0.4, 0.5) is 5.69 Å². The van der Waals surface area contributed by atoms with Crippen molar-refractivity contribution in [3.05, 3.63) is 42.2 Å². The number of hydrogen-bond donors (Lipinski definition) is 1. The molecule has 8 heteroatoms. The van der Waals surface area contributed by atoms with Gasteiger partial charge in [0.05, 0.1) is 24.2 Å². The third kappa shape index (κ3) is 2.93. The van der Waals surface area contributed by atoms with Gasteiger partial charge in [0.25, 0.3) is 11.8 Å². The van der Waals surface area contributed by atoms with Crippen LogP contribution in [0.5, 0.6) is 0 Å². The smallest absolute Gasteiger partial charge is 0.288 e. The minimum absolute atomic E-state index is 0.0678. The van der Waals surface area contributed by atoms with Gasteiger partial charge in [-0.05, 0) is 12.1 Å². The fraction of sp³-hybridized carbons (Fsp3) is 0.214. The Kier molecular flexibility index (Phi) is 4.48. The summed E-state index contributed by atoms with van der Waals surface area (Å²) in [7, 11) is 3.18. The number of nitrogens with zero attached hydrogens (tertiary/aromatic N) is 5. The molecule has 1 N–H and O–H groups in total. The fourth-order valence-corrected chi connectivity index (χ4v) is 1.86. The minimum atomic E-state index is -0.507. The largest absolute Gasteiger partial charge is 0.336 e. The van der Waals surface area contributed by atoms with Crippen LogP contribution in [0.15, 0.2) is 30.7 Å². The topological polar surface area (TPSA) is 104 Å². The van der Waals surface area contributed by atoms with Crippen molar-refractivity contribution in [2.75, 3.05) is 18.5 Å². The van der Waals surface area contributed by atoms with E-state index in [4.69, 9.17) is 5.26 Å². The number of imidazole rings is 1. The van der Waals surface area contributed by atoms with Crippen LogP contribution in [0, 0.1) is 11.3 Å². The zero-order chi connectivity index (χ0) is 16.1. The molecule has 0 radical (unpaired) electrons. The van der Waals surface area contributed by atoms with Crippen LogP contribution in [0.25, 0.3) is 0 Å². The molecule has 0 saturated carbocycles. The van der Waals surface area contributed by atoms with Crippen molar-refractivity contribution in [2.24, 2.45) is 7.05 Å². The summed E-state index contributed by atoms with van der Waals surface area (Å²) in [6, 6.07) is 5.28. The van der Waals surface area contributed by atoms with Gasteiger partial charge in [-0.1, -0.05) is 0 Å². The van der Waals surface area contributed by atoms with E-state index in [0.717, 1.165) is 0 Å². The average molecular weight is 298 g/mol. The van der Waals surface area contributed by atoms with Crippen LogP contribution in [-0.4, -0.2) is 39.9 Å². The number of pyridine rings is 1. The van der Waals surface area contributed by atoms with Crippen LogP contribution in [0.3, 0.4) is 0 Å². The SMILES string of the molecule is CN(C(=O)c1cnc(C(=O)NCC#N)n1C)c1cccnc1. The second-order valence-electron chi connectivity index (χ2n) is 4.44. The molecule has 2 amide bonds. The van der Waals surface area contributed by atoms with Crippen molar-refractivity contribution >= 4 is 17.5 Å². The first-order valence-corrected chi connectivity index (χ1v) is 6.41. The predicted octanol–water partition coefficient (Wildman–Crippen LogP) is 0.345. The second kappa shape index (κ2) is 6.49. The normalized spacial score (nSPS) is 9.86. The Bertz CT molecular complexity index is 732. The number of carbonyl (C=O) groups excluding carboxylic acids is 2. The lowest BCUT2D eigenvalue weighted by Crippen LogP contribution is -2.30. The number of nitriles is 1. The number of anilines is 1. The minimum Gasteiger partial charge on any atom is -0.336 e. The van der Waals surface area contributed by atoms with E-state index in [1.807, 2.05) is 0 Å². The number of carbonyl (C=O) groups is 2. The Labute approximate surface area is 127 Å². The van der Waals surface area contributed by atoms with Crippen molar-refractivity contribution in [3.8, 4) is 6.07 Å². The number of rotatable bonds is 4. The predicted molar refractivity (Wildman–Crippen MR) is 78.1 cm³/mol. The van der Waals surface area contributed by atoms with Gasteiger partial charge in [-0.25, -0.2) is 4.98 Å². The monoisotopic (exact) mass is 298 g/mol. The average Bonchev–Trinajstić information content (AvgIpc) is 2.93. The van der Waals surface area contributed by atoms with Gasteiger partial charge in [-0.15, -0.1) is 0 Å². The lowest BCUT2D eigenvalue weighted by Gasteiger charge is -2.16. The summed E-state index contributed by atoms with van der Waals surface area (Å²) in [5, 5.41) is 10.8. The zero-order valence-electron chi connectivity index (χ0n) is 12.1. The highest BCUT2D eigenvalue weighted by molar-refractivity contribution is 6.05. The molecule has 0 fully saturated rings. The molecule has 2 heterocycles. The van der Waals surface area contributed by atoms with Crippen molar-refractivity contribution < 1.29 is 9.59 Å². The summed E-state index contributed by atoms with van der Waals surface area (Å²) in [5.74, 6) is -0.757. The lowest BCUT2D eigenvalue weighted by molar-refractivity contribution is 0.0944. The van der Waals surface area contributed by atoms with E-state index in [2.05, 4.69) is 15.3 Å². The molecule has 8 nitrogen and oxygen atoms in total. The van der Waals surface area contributed by atoms with Gasteiger partial charge in [0.1, 0.15) is 12.2 Å². The number of nitrogens with one attached hydrogen (secondary N) is 1. The first-order valence-electron chi connectivity index (χ1n) is 6.41. The summed E-state index contributed by atoms with van der Waals surface area (Å²) in [5.41, 5.74) is 0.887. The first kappa shape index (κ1) is 15.2. The van der Waals surface area contributed by atoms with Crippen molar-refractivity contribution in [1.82, 2.24) is 19.9 Å². The Hall–Kier alpha value is -3.21. The van der Waals surface area contributed by atoms with Gasteiger partial charge in [0.15, 0.2) is 5.82 Å². The van der Waals surface area contributed by atoms with Gasteiger partial charge in [0.2, 0.25) is 0 Å². The summed E-state index contributed by atoms with van der Waals surface area (Å²) in [6.45, 7) is -0.120. The van der Waals surface area contributed by atoms with Crippen LogP contribution in [-0.2, 0) is 7.05 Å². The molecule has 2 aromatic rings. The molecule has 0 saturated heterocycles. The second-order valence-corrected chi connectivity index (χ2v) is 4.44. The molecule has 0 aliphatic rings. The highest BCUT2D eigenvalue weighted by Crippen LogP contribution is 2.14. The summed E-state index contributed by atoms with van der Waals surface area (Å²) in [4.78, 5) is 33.6. The van der Waals surface area contributed by atoms with E-state index in [-0.39, 0.29) is 24.0 Å². The van der Waals surface area contributed by atoms with Gasteiger partial charge in [-0.3, -0.25) is 14.6 Å². The van der Waals surface area contributed by atoms with E-state index in [1.54, 1.807) is 44.7 Å². The van der Waals surface area contributed by atoms with E-state index < -0.39 is 5.91 Å². The van der Waals surface area contributed by atoms with E-state index >= 15 is 0 Å². The fourth-order valence-electron chi connectivity index (χ4n) is 1.86. The number of hydrogen-bond acceptors (Lipinski definition) is 5. The third-order valence-electron chi connectivity index (χ3n) is 3.08. The molecule has 2 rings (SSSR count). The standard InChI is InChI=1S/C14H14N6O2/c1-19(10-4-3-6-16-8-10)14(22)11-9-18-12(20(11)2)13(21)17-7-5-15/h3-4,6,8-9H,7H2,1-2H3,(H,17,21).